The molecule has 3 aromatic rings. The highest BCUT2D eigenvalue weighted by molar-refractivity contribution is 8.00. The van der Waals surface area contributed by atoms with E-state index >= 15 is 0 Å². The number of hydrogen-bond donors (Lipinski definition) is 0. The molecule has 1 atom stereocenters. The fraction of sp³-hybridized carbons (Fsp3) is 0.0500. The first-order chi connectivity index (χ1) is 11.3. The Labute approximate surface area is 139 Å². The molecular weight excluding hydrogens is 302 g/mol. The number of carbonyl (C=O) groups is 1. The Morgan fingerprint density at radius 1 is 0.739 bits per heavy atom. The van der Waals surface area contributed by atoms with Gasteiger partial charge in [-0.05, 0) is 35.9 Å². The highest BCUT2D eigenvalue weighted by atomic mass is 32.2. The highest BCUT2D eigenvalue weighted by Crippen LogP contribution is 2.48. The van der Waals surface area contributed by atoms with Crippen molar-refractivity contribution in [2.24, 2.45) is 0 Å². The van der Waals surface area contributed by atoms with Crippen molar-refractivity contribution in [2.75, 3.05) is 4.90 Å². The van der Waals surface area contributed by atoms with Crippen LogP contribution in [0.5, 0.6) is 0 Å². The van der Waals surface area contributed by atoms with Crippen molar-refractivity contribution >= 4 is 29.0 Å². The molecule has 1 aliphatic heterocycles. The van der Waals surface area contributed by atoms with Gasteiger partial charge in [-0.15, -0.1) is 11.8 Å². The van der Waals surface area contributed by atoms with Crippen LogP contribution in [0.15, 0.2) is 89.8 Å². The quantitative estimate of drug-likeness (QED) is 0.662. The average Bonchev–Trinajstić information content (AvgIpc) is 2.89. The molecule has 0 bridgehead atoms. The first-order valence-corrected chi connectivity index (χ1v) is 8.42. The SMILES string of the molecule is O=C1C(Sc2ccccc2)c2ccccc2N1c1ccccc1. The van der Waals surface area contributed by atoms with Gasteiger partial charge in [0.05, 0.1) is 5.69 Å². The smallest absolute Gasteiger partial charge is 0.249 e. The third kappa shape index (κ3) is 2.53. The number of rotatable bonds is 3. The van der Waals surface area contributed by atoms with E-state index in [-0.39, 0.29) is 11.2 Å². The molecular formula is C20H15NOS. The van der Waals surface area contributed by atoms with Gasteiger partial charge in [0.1, 0.15) is 5.25 Å². The molecule has 0 saturated heterocycles. The van der Waals surface area contributed by atoms with Crippen molar-refractivity contribution in [3.63, 3.8) is 0 Å². The van der Waals surface area contributed by atoms with Gasteiger partial charge in [-0.25, -0.2) is 0 Å². The van der Waals surface area contributed by atoms with Crippen LogP contribution in [-0.4, -0.2) is 5.91 Å². The summed E-state index contributed by atoms with van der Waals surface area (Å²) in [5, 5.41) is -0.200. The van der Waals surface area contributed by atoms with E-state index in [1.807, 2.05) is 83.8 Å². The molecule has 0 aromatic heterocycles. The standard InChI is InChI=1S/C20H15NOS/c22-20-19(23-16-11-5-2-6-12-16)17-13-7-8-14-18(17)21(20)15-9-3-1-4-10-15/h1-14,19H. The summed E-state index contributed by atoms with van der Waals surface area (Å²) < 4.78 is 0. The van der Waals surface area contributed by atoms with Crippen LogP contribution in [0.25, 0.3) is 0 Å². The molecule has 1 heterocycles. The zero-order valence-electron chi connectivity index (χ0n) is 12.4. The molecule has 0 saturated carbocycles. The van der Waals surface area contributed by atoms with Crippen molar-refractivity contribution in [3.05, 3.63) is 90.5 Å². The third-order valence-electron chi connectivity index (χ3n) is 3.92. The topological polar surface area (TPSA) is 20.3 Å². The largest absolute Gasteiger partial charge is 0.279 e. The molecule has 4 rings (SSSR count). The molecule has 0 N–H and O–H groups in total. The van der Waals surface area contributed by atoms with E-state index in [0.717, 1.165) is 21.8 Å². The number of carbonyl (C=O) groups excluding carboxylic acids is 1. The van der Waals surface area contributed by atoms with Gasteiger partial charge >= 0.3 is 0 Å². The molecule has 0 fully saturated rings. The Kier molecular flexibility index (Phi) is 3.64. The molecule has 112 valence electrons. The van der Waals surface area contributed by atoms with E-state index in [4.69, 9.17) is 0 Å². The molecule has 3 aromatic carbocycles. The summed E-state index contributed by atoms with van der Waals surface area (Å²) in [7, 11) is 0. The number of nitrogens with zero attached hydrogens (tertiary/aromatic N) is 1. The maximum atomic E-state index is 13.1. The average molecular weight is 317 g/mol. The van der Waals surface area contributed by atoms with Crippen molar-refractivity contribution in [3.8, 4) is 0 Å². The minimum absolute atomic E-state index is 0.117. The number of thioether (sulfide) groups is 1. The normalized spacial score (nSPS) is 16.4. The first kappa shape index (κ1) is 14.1. The van der Waals surface area contributed by atoms with Gasteiger partial charge < -0.3 is 0 Å². The molecule has 1 aliphatic rings. The number of fused-ring (bicyclic) bond motifs is 1. The maximum absolute atomic E-state index is 13.1. The monoisotopic (exact) mass is 317 g/mol. The Bertz CT molecular complexity index is 833. The summed E-state index contributed by atoms with van der Waals surface area (Å²) in [5.41, 5.74) is 2.98. The van der Waals surface area contributed by atoms with Gasteiger partial charge in [0.15, 0.2) is 0 Å². The summed E-state index contributed by atoms with van der Waals surface area (Å²) in [6, 6.07) is 28.0. The number of benzene rings is 3. The second-order valence-corrected chi connectivity index (χ2v) is 6.56. The lowest BCUT2D eigenvalue weighted by Gasteiger charge is -2.18. The van der Waals surface area contributed by atoms with Crippen LogP contribution in [-0.2, 0) is 4.79 Å². The highest BCUT2D eigenvalue weighted by Gasteiger charge is 2.38. The van der Waals surface area contributed by atoms with Crippen molar-refractivity contribution in [1.29, 1.82) is 0 Å². The van der Waals surface area contributed by atoms with E-state index in [9.17, 15) is 4.79 Å². The Balaban J connectivity index is 1.76. The summed E-state index contributed by atoms with van der Waals surface area (Å²) >= 11 is 1.61. The van der Waals surface area contributed by atoms with E-state index in [2.05, 4.69) is 6.07 Å². The van der Waals surface area contributed by atoms with Crippen molar-refractivity contribution in [1.82, 2.24) is 0 Å². The summed E-state index contributed by atoms with van der Waals surface area (Å²) in [5.74, 6) is 0.117. The Hall–Kier alpha value is -2.52. The second kappa shape index (κ2) is 5.94. The Morgan fingerprint density at radius 2 is 1.35 bits per heavy atom. The number of amides is 1. The lowest BCUT2D eigenvalue weighted by atomic mass is 10.1. The number of anilines is 2. The second-order valence-electron chi connectivity index (χ2n) is 5.38. The van der Waals surface area contributed by atoms with Crippen LogP contribution >= 0.6 is 11.8 Å². The molecule has 1 unspecified atom stereocenters. The van der Waals surface area contributed by atoms with Gasteiger partial charge in [-0.2, -0.15) is 0 Å². The van der Waals surface area contributed by atoms with Crippen LogP contribution in [0.3, 0.4) is 0 Å². The fourth-order valence-electron chi connectivity index (χ4n) is 2.87. The molecule has 0 spiro atoms. The molecule has 3 heteroatoms. The van der Waals surface area contributed by atoms with Crippen LogP contribution < -0.4 is 4.90 Å². The fourth-order valence-corrected chi connectivity index (χ4v) is 3.99. The van der Waals surface area contributed by atoms with Crippen LogP contribution in [0, 0.1) is 0 Å². The van der Waals surface area contributed by atoms with Crippen molar-refractivity contribution < 1.29 is 4.79 Å². The molecule has 23 heavy (non-hydrogen) atoms. The van der Waals surface area contributed by atoms with Gasteiger partial charge in [0.2, 0.25) is 5.91 Å². The zero-order chi connectivity index (χ0) is 15.6. The van der Waals surface area contributed by atoms with E-state index in [0.29, 0.717) is 0 Å². The third-order valence-corrected chi connectivity index (χ3v) is 5.15. The number of hydrogen-bond acceptors (Lipinski definition) is 2. The summed E-state index contributed by atoms with van der Waals surface area (Å²) in [6.07, 6.45) is 0. The van der Waals surface area contributed by atoms with Crippen molar-refractivity contribution in [2.45, 2.75) is 10.1 Å². The van der Waals surface area contributed by atoms with Crippen LogP contribution in [0.1, 0.15) is 10.8 Å². The summed E-state index contributed by atoms with van der Waals surface area (Å²) in [4.78, 5) is 16.0. The van der Waals surface area contributed by atoms with E-state index in [1.165, 1.54) is 0 Å². The Morgan fingerprint density at radius 3 is 2.09 bits per heavy atom. The molecule has 2 nitrogen and oxygen atoms in total. The van der Waals surface area contributed by atoms with E-state index in [1.54, 1.807) is 11.8 Å². The van der Waals surface area contributed by atoms with Gasteiger partial charge in [0, 0.05) is 10.6 Å². The zero-order valence-corrected chi connectivity index (χ0v) is 13.2. The minimum atomic E-state index is -0.200. The first-order valence-electron chi connectivity index (χ1n) is 7.54. The van der Waals surface area contributed by atoms with Gasteiger partial charge in [0.25, 0.3) is 0 Å². The van der Waals surface area contributed by atoms with E-state index < -0.39 is 0 Å². The van der Waals surface area contributed by atoms with Gasteiger partial charge in [-0.3, -0.25) is 9.69 Å². The van der Waals surface area contributed by atoms with Crippen LogP contribution in [0.4, 0.5) is 11.4 Å². The molecule has 1 amide bonds. The lowest BCUT2D eigenvalue weighted by Crippen LogP contribution is -2.22. The minimum Gasteiger partial charge on any atom is -0.279 e. The summed E-state index contributed by atoms with van der Waals surface area (Å²) in [6.45, 7) is 0. The van der Waals surface area contributed by atoms with Crippen LogP contribution in [0.2, 0.25) is 0 Å². The number of para-hydroxylation sites is 2. The molecule has 0 aliphatic carbocycles. The molecule has 0 radical (unpaired) electrons. The lowest BCUT2D eigenvalue weighted by molar-refractivity contribution is -0.116. The maximum Gasteiger partial charge on any atom is 0.249 e. The van der Waals surface area contributed by atoms with Gasteiger partial charge in [-0.1, -0.05) is 54.6 Å². The predicted octanol–water partition coefficient (Wildman–Crippen LogP) is 5.20. The predicted molar refractivity (Wildman–Crippen MR) is 95.1 cm³/mol.